The number of fused-ring (bicyclic) bond motifs is 1. The van der Waals surface area contributed by atoms with Gasteiger partial charge in [0.1, 0.15) is 23.3 Å². The number of amides is 3. The molecule has 0 fully saturated rings. The van der Waals surface area contributed by atoms with Gasteiger partial charge in [-0.25, -0.2) is 14.4 Å². The molecular weight excluding hydrogens is 492 g/mol. The van der Waals surface area contributed by atoms with Crippen molar-refractivity contribution in [1.82, 2.24) is 20.9 Å². The third-order valence-electron chi connectivity index (χ3n) is 5.31. The topological polar surface area (TPSA) is 159 Å². The molecule has 1 heterocycles. The molecule has 210 valence electrons. The van der Waals surface area contributed by atoms with Crippen LogP contribution < -0.4 is 16.0 Å². The molecule has 0 aliphatic carbocycles. The van der Waals surface area contributed by atoms with Crippen molar-refractivity contribution in [3.05, 3.63) is 36.0 Å². The maximum absolute atomic E-state index is 13.1. The molecule has 2 aromatic rings. The number of unbranched alkanes of at least 4 members (excludes halogenated alkanes) is 1. The van der Waals surface area contributed by atoms with Crippen molar-refractivity contribution in [3.8, 4) is 0 Å². The summed E-state index contributed by atoms with van der Waals surface area (Å²) >= 11 is 0. The molecule has 0 radical (unpaired) electrons. The fourth-order valence-electron chi connectivity index (χ4n) is 3.69. The zero-order valence-electron chi connectivity index (χ0n) is 23.0. The number of hydrogen-bond acceptors (Lipinski definition) is 6. The number of benzene rings is 1. The van der Waals surface area contributed by atoms with Crippen LogP contribution in [0.5, 0.6) is 0 Å². The Morgan fingerprint density at radius 1 is 0.895 bits per heavy atom. The molecule has 38 heavy (non-hydrogen) atoms. The molecule has 11 nitrogen and oxygen atoms in total. The number of H-pyrrole nitrogens is 1. The number of aromatic nitrogens is 1. The van der Waals surface area contributed by atoms with E-state index in [-0.39, 0.29) is 12.8 Å². The highest BCUT2D eigenvalue weighted by Crippen LogP contribution is 2.19. The Kier molecular flexibility index (Phi) is 10.5. The van der Waals surface area contributed by atoms with Crippen LogP contribution in [0.2, 0.25) is 0 Å². The predicted molar refractivity (Wildman–Crippen MR) is 143 cm³/mol. The number of ether oxygens (including phenoxy) is 2. The van der Waals surface area contributed by atoms with Gasteiger partial charge in [-0.15, -0.1) is 0 Å². The van der Waals surface area contributed by atoms with Gasteiger partial charge in [0.05, 0.1) is 0 Å². The summed E-state index contributed by atoms with van der Waals surface area (Å²) in [5.41, 5.74) is 0.222. The summed E-state index contributed by atoms with van der Waals surface area (Å²) in [7, 11) is 0. The van der Waals surface area contributed by atoms with Crippen molar-refractivity contribution < 1.29 is 33.8 Å². The summed E-state index contributed by atoms with van der Waals surface area (Å²) in [5, 5.41) is 18.4. The molecule has 5 N–H and O–H groups in total. The molecule has 2 rings (SSSR count). The minimum absolute atomic E-state index is 0.0596. The fourth-order valence-corrected chi connectivity index (χ4v) is 3.69. The van der Waals surface area contributed by atoms with Gasteiger partial charge in [0.25, 0.3) is 0 Å². The van der Waals surface area contributed by atoms with Crippen LogP contribution >= 0.6 is 0 Å². The van der Waals surface area contributed by atoms with E-state index in [0.717, 1.165) is 16.5 Å². The monoisotopic (exact) mass is 532 g/mol. The number of alkyl carbamates (subject to hydrolysis) is 2. The Morgan fingerprint density at radius 3 is 2.16 bits per heavy atom. The predicted octanol–water partition coefficient (Wildman–Crippen LogP) is 3.87. The van der Waals surface area contributed by atoms with Crippen LogP contribution in [0.25, 0.3) is 10.9 Å². The van der Waals surface area contributed by atoms with Gasteiger partial charge in [-0.05, 0) is 72.4 Å². The van der Waals surface area contributed by atoms with Crippen LogP contribution in [-0.2, 0) is 25.5 Å². The lowest BCUT2D eigenvalue weighted by Crippen LogP contribution is -2.52. The highest BCUT2D eigenvalue weighted by atomic mass is 16.6. The van der Waals surface area contributed by atoms with Gasteiger partial charge in [-0.1, -0.05) is 18.2 Å². The van der Waals surface area contributed by atoms with Crippen molar-refractivity contribution in [1.29, 1.82) is 0 Å². The molecule has 3 amide bonds. The van der Waals surface area contributed by atoms with Crippen LogP contribution in [0.4, 0.5) is 9.59 Å². The number of carboxylic acids is 1. The first-order chi connectivity index (χ1) is 17.6. The van der Waals surface area contributed by atoms with E-state index < -0.39 is 47.3 Å². The lowest BCUT2D eigenvalue weighted by molar-refractivity contribution is -0.142. The maximum Gasteiger partial charge on any atom is 0.408 e. The number of carboxylic acid groups (broad SMARTS) is 1. The molecule has 0 aliphatic heterocycles. The number of rotatable bonds is 11. The number of aliphatic carboxylic acids is 1. The van der Waals surface area contributed by atoms with Gasteiger partial charge in [0, 0.05) is 30.1 Å². The first-order valence-electron chi connectivity index (χ1n) is 12.7. The third-order valence-corrected chi connectivity index (χ3v) is 5.31. The third kappa shape index (κ3) is 10.7. The Labute approximate surface area is 223 Å². The Balaban J connectivity index is 2.03. The second-order valence-corrected chi connectivity index (χ2v) is 11.1. The van der Waals surface area contributed by atoms with Crippen LogP contribution in [-0.4, -0.2) is 64.0 Å². The zero-order chi connectivity index (χ0) is 28.5. The van der Waals surface area contributed by atoms with Crippen molar-refractivity contribution in [2.45, 2.75) is 90.5 Å². The van der Waals surface area contributed by atoms with Gasteiger partial charge in [0.15, 0.2) is 0 Å². The van der Waals surface area contributed by atoms with Crippen molar-refractivity contribution >= 4 is 35.0 Å². The summed E-state index contributed by atoms with van der Waals surface area (Å²) in [6.45, 7) is 10.7. The van der Waals surface area contributed by atoms with Gasteiger partial charge in [-0.2, -0.15) is 0 Å². The molecule has 0 bridgehead atoms. The SMILES string of the molecule is CC(C)(C)OC(=O)NCCCCC(NC(=O)OC(C)(C)C)C(=O)NC(Cc1c[nH]c2ccccc12)C(=O)O. The Hall–Kier alpha value is -3.76. The standard InChI is InChI=1S/C27H40N4O7/c1-26(2,3)37-24(35)28-14-10-9-13-20(31-25(36)38-27(4,5)6)22(32)30-21(23(33)34)15-17-16-29-19-12-8-7-11-18(17)19/h7-8,11-12,16,20-21,29H,9-10,13-15H2,1-6H3,(H,28,35)(H,30,32)(H,31,36)(H,33,34). The fraction of sp³-hybridized carbons (Fsp3) is 0.556. The van der Waals surface area contributed by atoms with Gasteiger partial charge < -0.3 is 35.5 Å². The molecular formula is C27H40N4O7. The van der Waals surface area contributed by atoms with E-state index >= 15 is 0 Å². The molecule has 0 saturated heterocycles. The molecule has 1 aromatic heterocycles. The lowest BCUT2D eigenvalue weighted by atomic mass is 10.0. The molecule has 1 aromatic carbocycles. The van der Waals surface area contributed by atoms with Crippen LogP contribution in [0.15, 0.2) is 30.5 Å². The first kappa shape index (κ1) is 30.5. The minimum atomic E-state index is -1.21. The average Bonchev–Trinajstić information content (AvgIpc) is 3.18. The summed E-state index contributed by atoms with van der Waals surface area (Å²) in [4.78, 5) is 52.4. The number of carbonyl (C=O) groups is 4. The van der Waals surface area contributed by atoms with E-state index in [1.807, 2.05) is 24.3 Å². The zero-order valence-corrected chi connectivity index (χ0v) is 23.0. The summed E-state index contributed by atoms with van der Waals surface area (Å²) in [6.07, 6.45) is 1.64. The average molecular weight is 533 g/mol. The highest BCUT2D eigenvalue weighted by molar-refractivity contribution is 5.90. The van der Waals surface area contributed by atoms with E-state index in [4.69, 9.17) is 9.47 Å². The second-order valence-electron chi connectivity index (χ2n) is 11.1. The quantitative estimate of drug-likeness (QED) is 0.275. The number of aromatic amines is 1. The maximum atomic E-state index is 13.1. The van der Waals surface area contributed by atoms with E-state index in [1.165, 1.54) is 0 Å². The van der Waals surface area contributed by atoms with Crippen LogP contribution in [0.1, 0.15) is 66.4 Å². The molecule has 0 spiro atoms. The smallest absolute Gasteiger partial charge is 0.408 e. The summed E-state index contributed by atoms with van der Waals surface area (Å²) in [5.74, 6) is -1.83. The molecule has 11 heteroatoms. The highest BCUT2D eigenvalue weighted by Gasteiger charge is 2.29. The van der Waals surface area contributed by atoms with Crippen LogP contribution in [0.3, 0.4) is 0 Å². The number of para-hydroxylation sites is 1. The molecule has 2 unspecified atom stereocenters. The van der Waals surface area contributed by atoms with Gasteiger partial charge in [0.2, 0.25) is 5.91 Å². The molecule has 2 atom stereocenters. The molecule has 0 aliphatic rings. The Bertz CT molecular complexity index is 1110. The number of carbonyl (C=O) groups excluding carboxylic acids is 3. The van der Waals surface area contributed by atoms with Gasteiger partial charge >= 0.3 is 18.2 Å². The van der Waals surface area contributed by atoms with E-state index in [2.05, 4.69) is 20.9 Å². The van der Waals surface area contributed by atoms with Crippen molar-refractivity contribution in [2.24, 2.45) is 0 Å². The lowest BCUT2D eigenvalue weighted by Gasteiger charge is -2.24. The normalized spacial score (nSPS) is 13.3. The number of hydrogen-bond donors (Lipinski definition) is 5. The van der Waals surface area contributed by atoms with Crippen molar-refractivity contribution in [3.63, 3.8) is 0 Å². The molecule has 0 saturated carbocycles. The number of nitrogens with one attached hydrogen (secondary N) is 4. The Morgan fingerprint density at radius 2 is 1.53 bits per heavy atom. The van der Waals surface area contributed by atoms with Crippen molar-refractivity contribution in [2.75, 3.05) is 6.54 Å². The minimum Gasteiger partial charge on any atom is -0.480 e. The van der Waals surface area contributed by atoms with E-state index in [1.54, 1.807) is 47.7 Å². The second kappa shape index (κ2) is 13.2. The first-order valence-corrected chi connectivity index (χ1v) is 12.7. The van der Waals surface area contributed by atoms with E-state index in [9.17, 15) is 24.3 Å². The largest absolute Gasteiger partial charge is 0.480 e. The summed E-state index contributed by atoms with van der Waals surface area (Å²) in [6, 6.07) is 5.24. The van der Waals surface area contributed by atoms with Gasteiger partial charge in [-0.3, -0.25) is 4.79 Å². The summed E-state index contributed by atoms with van der Waals surface area (Å²) < 4.78 is 10.5. The van der Waals surface area contributed by atoms with Crippen LogP contribution in [0, 0.1) is 0 Å². The van der Waals surface area contributed by atoms with E-state index in [0.29, 0.717) is 19.4 Å².